The molecule has 2 N–H and O–H groups in total. The molecule has 100 valence electrons. The molecule has 0 radical (unpaired) electrons. The van der Waals surface area contributed by atoms with Crippen LogP contribution in [0.5, 0.6) is 0 Å². The second kappa shape index (κ2) is 5.95. The molecule has 0 atom stereocenters. The van der Waals surface area contributed by atoms with Crippen LogP contribution in [0.15, 0.2) is 6.07 Å². The van der Waals surface area contributed by atoms with Crippen molar-refractivity contribution in [2.45, 2.75) is 26.3 Å². The Kier molecular flexibility index (Phi) is 5.08. The van der Waals surface area contributed by atoms with E-state index in [9.17, 15) is 4.79 Å². The fourth-order valence-electron chi connectivity index (χ4n) is 1.19. The molecule has 1 aromatic heterocycles. The number of aromatic nitrogens is 1. The molecule has 1 aromatic rings. The Hall–Kier alpha value is -0.710. The Bertz CT molecular complexity index is 458. The lowest BCUT2D eigenvalue weighted by Crippen LogP contribution is -2.43. The van der Waals surface area contributed by atoms with Crippen molar-refractivity contribution < 1.29 is 4.79 Å². The van der Waals surface area contributed by atoms with Crippen molar-refractivity contribution in [2.75, 3.05) is 11.9 Å². The van der Waals surface area contributed by atoms with Gasteiger partial charge < -0.3 is 10.6 Å². The summed E-state index contributed by atoms with van der Waals surface area (Å²) in [5.74, 6) is 0.168. The second-order valence-corrected chi connectivity index (χ2v) is 5.92. The Morgan fingerprint density at radius 3 is 2.44 bits per heavy atom. The summed E-state index contributed by atoms with van der Waals surface area (Å²) in [6, 6.07) is 1.47. The van der Waals surface area contributed by atoms with Crippen LogP contribution in [0.4, 0.5) is 5.82 Å². The molecule has 0 saturated heterocycles. The summed E-state index contributed by atoms with van der Waals surface area (Å²) in [4.78, 5) is 15.5. The first-order valence-electron chi connectivity index (χ1n) is 5.25. The molecule has 1 amide bonds. The molecule has 0 aromatic carbocycles. The number of pyridine rings is 1. The van der Waals surface area contributed by atoms with Crippen LogP contribution in [-0.4, -0.2) is 23.0 Å². The molecule has 1 heterocycles. The topological polar surface area (TPSA) is 54.0 Å². The van der Waals surface area contributed by atoms with Gasteiger partial charge in [0.2, 0.25) is 5.91 Å². The van der Waals surface area contributed by atoms with E-state index < -0.39 is 0 Å². The number of halogens is 3. The smallest absolute Gasteiger partial charge is 0.239 e. The molecule has 7 heteroatoms. The quantitative estimate of drug-likeness (QED) is 0.842. The minimum atomic E-state index is -0.284. The van der Waals surface area contributed by atoms with Crippen molar-refractivity contribution in [3.63, 3.8) is 0 Å². The van der Waals surface area contributed by atoms with E-state index in [0.29, 0.717) is 10.8 Å². The van der Waals surface area contributed by atoms with Crippen LogP contribution >= 0.6 is 34.8 Å². The third-order valence-corrected chi connectivity index (χ3v) is 2.78. The van der Waals surface area contributed by atoms with Gasteiger partial charge in [-0.1, -0.05) is 34.8 Å². The first-order chi connectivity index (χ1) is 8.19. The van der Waals surface area contributed by atoms with Crippen molar-refractivity contribution in [1.29, 1.82) is 0 Å². The number of nitrogens with zero attached hydrogens (tertiary/aromatic N) is 1. The Morgan fingerprint density at radius 2 is 1.89 bits per heavy atom. The van der Waals surface area contributed by atoms with Crippen LogP contribution in [0.2, 0.25) is 15.2 Å². The monoisotopic (exact) mass is 309 g/mol. The number of hydrogen-bond acceptors (Lipinski definition) is 3. The lowest BCUT2D eigenvalue weighted by molar-refractivity contribution is -0.120. The van der Waals surface area contributed by atoms with E-state index in [1.807, 2.05) is 20.8 Å². The molecular formula is C11H14Cl3N3O. The van der Waals surface area contributed by atoms with Crippen molar-refractivity contribution >= 4 is 46.5 Å². The fraction of sp³-hybridized carbons (Fsp3) is 0.455. The standard InChI is InChI=1S/C11H14Cl3N3O/c1-11(2,3)17-8(18)5-15-10-7(13)4-6(12)9(14)16-10/h4H,5H2,1-3H3,(H,15,16)(H,17,18). The van der Waals surface area contributed by atoms with Gasteiger partial charge in [0, 0.05) is 5.54 Å². The molecule has 0 aliphatic heterocycles. The zero-order valence-corrected chi connectivity index (χ0v) is 12.5. The molecular weight excluding hydrogens is 296 g/mol. The summed E-state index contributed by atoms with van der Waals surface area (Å²) in [6.45, 7) is 5.75. The van der Waals surface area contributed by atoms with E-state index in [1.165, 1.54) is 6.07 Å². The first-order valence-corrected chi connectivity index (χ1v) is 6.39. The molecule has 0 aliphatic carbocycles. The summed E-state index contributed by atoms with van der Waals surface area (Å²) in [7, 11) is 0. The van der Waals surface area contributed by atoms with Crippen LogP contribution in [0.25, 0.3) is 0 Å². The molecule has 1 rings (SSSR count). The number of amides is 1. The van der Waals surface area contributed by atoms with E-state index in [1.54, 1.807) is 0 Å². The van der Waals surface area contributed by atoms with Crippen molar-refractivity contribution in [2.24, 2.45) is 0 Å². The number of anilines is 1. The molecule has 4 nitrogen and oxygen atoms in total. The number of hydrogen-bond donors (Lipinski definition) is 2. The normalized spacial score (nSPS) is 11.2. The highest BCUT2D eigenvalue weighted by atomic mass is 35.5. The third-order valence-electron chi connectivity index (χ3n) is 1.82. The van der Waals surface area contributed by atoms with Crippen LogP contribution in [0.1, 0.15) is 20.8 Å². The van der Waals surface area contributed by atoms with Gasteiger partial charge in [0.25, 0.3) is 0 Å². The summed E-state index contributed by atoms with van der Waals surface area (Å²) >= 11 is 17.4. The Morgan fingerprint density at radius 1 is 1.28 bits per heavy atom. The van der Waals surface area contributed by atoms with Crippen molar-refractivity contribution in [1.82, 2.24) is 10.3 Å². The maximum Gasteiger partial charge on any atom is 0.239 e. The molecule has 0 aliphatic rings. The highest BCUT2D eigenvalue weighted by Gasteiger charge is 2.14. The lowest BCUT2D eigenvalue weighted by Gasteiger charge is -2.20. The van der Waals surface area contributed by atoms with Gasteiger partial charge in [0.05, 0.1) is 16.6 Å². The largest absolute Gasteiger partial charge is 0.360 e. The van der Waals surface area contributed by atoms with E-state index in [-0.39, 0.29) is 28.2 Å². The maximum atomic E-state index is 11.6. The number of nitrogens with one attached hydrogen (secondary N) is 2. The number of carbonyl (C=O) groups excluding carboxylic acids is 1. The highest BCUT2D eigenvalue weighted by molar-refractivity contribution is 6.42. The average Bonchev–Trinajstić information content (AvgIpc) is 2.19. The van der Waals surface area contributed by atoms with Crippen LogP contribution in [0.3, 0.4) is 0 Å². The molecule has 0 saturated carbocycles. The van der Waals surface area contributed by atoms with Crippen LogP contribution in [0, 0.1) is 0 Å². The SMILES string of the molecule is CC(C)(C)NC(=O)CNc1nc(Cl)c(Cl)cc1Cl. The Balaban J connectivity index is 2.64. The van der Waals surface area contributed by atoms with Gasteiger partial charge in [-0.25, -0.2) is 4.98 Å². The maximum absolute atomic E-state index is 11.6. The van der Waals surface area contributed by atoms with Crippen LogP contribution in [-0.2, 0) is 4.79 Å². The van der Waals surface area contributed by atoms with Gasteiger partial charge >= 0.3 is 0 Å². The zero-order chi connectivity index (χ0) is 13.9. The minimum Gasteiger partial charge on any atom is -0.360 e. The molecule has 0 unspecified atom stereocenters. The Labute approximate surface area is 121 Å². The van der Waals surface area contributed by atoms with Gasteiger partial charge in [-0.05, 0) is 26.8 Å². The lowest BCUT2D eigenvalue weighted by atomic mass is 10.1. The molecule has 18 heavy (non-hydrogen) atoms. The third kappa shape index (κ3) is 4.88. The summed E-state index contributed by atoms with van der Waals surface area (Å²) in [6.07, 6.45) is 0. The van der Waals surface area contributed by atoms with Gasteiger partial charge in [-0.15, -0.1) is 0 Å². The average molecular weight is 311 g/mol. The predicted molar refractivity (Wildman–Crippen MR) is 75.7 cm³/mol. The first kappa shape index (κ1) is 15.3. The van der Waals surface area contributed by atoms with E-state index >= 15 is 0 Å². The zero-order valence-electron chi connectivity index (χ0n) is 10.3. The van der Waals surface area contributed by atoms with E-state index in [2.05, 4.69) is 15.6 Å². The van der Waals surface area contributed by atoms with E-state index in [0.717, 1.165) is 0 Å². The molecule has 0 bridgehead atoms. The van der Waals surface area contributed by atoms with Gasteiger partial charge in [-0.2, -0.15) is 0 Å². The van der Waals surface area contributed by atoms with Crippen LogP contribution < -0.4 is 10.6 Å². The summed E-state index contributed by atoms with van der Waals surface area (Å²) in [5.41, 5.74) is -0.284. The molecule has 0 spiro atoms. The second-order valence-electron chi connectivity index (χ2n) is 4.74. The molecule has 0 fully saturated rings. The predicted octanol–water partition coefficient (Wildman–Crippen LogP) is 3.37. The fourth-order valence-corrected chi connectivity index (χ4v) is 1.76. The summed E-state index contributed by atoms with van der Waals surface area (Å²) in [5, 5.41) is 6.33. The van der Waals surface area contributed by atoms with E-state index in [4.69, 9.17) is 34.8 Å². The number of carbonyl (C=O) groups is 1. The summed E-state index contributed by atoms with van der Waals surface area (Å²) < 4.78 is 0. The van der Waals surface area contributed by atoms with Gasteiger partial charge in [0.1, 0.15) is 11.0 Å². The van der Waals surface area contributed by atoms with Crippen molar-refractivity contribution in [3.05, 3.63) is 21.3 Å². The van der Waals surface area contributed by atoms with Gasteiger partial charge in [0.15, 0.2) is 0 Å². The number of rotatable bonds is 3. The minimum absolute atomic E-state index is 0.0575. The van der Waals surface area contributed by atoms with Crippen molar-refractivity contribution in [3.8, 4) is 0 Å². The highest BCUT2D eigenvalue weighted by Crippen LogP contribution is 2.28. The van der Waals surface area contributed by atoms with Gasteiger partial charge in [-0.3, -0.25) is 4.79 Å².